The minimum atomic E-state index is -0.0820. The molecular weight excluding hydrogens is 462 g/mol. The first-order valence-electron chi connectivity index (χ1n) is 13.8. The normalized spacial score (nSPS) is 15.2. The lowest BCUT2D eigenvalue weighted by atomic mass is 10.0. The van der Waals surface area contributed by atoms with Gasteiger partial charge in [-0.3, -0.25) is 14.7 Å². The third-order valence-corrected chi connectivity index (χ3v) is 6.50. The van der Waals surface area contributed by atoms with Gasteiger partial charge in [-0.1, -0.05) is 32.0 Å². The number of hydrogen-bond acceptors (Lipinski definition) is 5. The van der Waals surface area contributed by atoms with Gasteiger partial charge in [0, 0.05) is 38.3 Å². The van der Waals surface area contributed by atoms with Crippen LogP contribution >= 0.6 is 0 Å². The molecule has 0 atom stereocenters. The number of pyridine rings is 1. The second-order valence-corrected chi connectivity index (χ2v) is 9.32. The number of fused-ring (bicyclic) bond motifs is 1. The molecule has 200 valence electrons. The summed E-state index contributed by atoms with van der Waals surface area (Å²) in [5.41, 5.74) is 4.83. The summed E-state index contributed by atoms with van der Waals surface area (Å²) in [6.07, 6.45) is 8.33. The van der Waals surface area contributed by atoms with Gasteiger partial charge in [-0.05, 0) is 93.1 Å². The summed E-state index contributed by atoms with van der Waals surface area (Å²) in [5.74, 6) is 0.812. The number of amides is 1. The molecule has 0 unspecified atom stereocenters. The molecular formula is C31H43N3O3. The number of likely N-dealkylation sites (tertiary alicyclic amines) is 1. The van der Waals surface area contributed by atoms with E-state index in [1.54, 1.807) is 6.20 Å². The summed E-state index contributed by atoms with van der Waals surface area (Å²) in [6, 6.07) is 14.3. The van der Waals surface area contributed by atoms with Gasteiger partial charge in [-0.15, -0.1) is 0 Å². The molecule has 0 radical (unpaired) electrons. The first kappa shape index (κ1) is 28.6. The number of rotatable bonds is 6. The summed E-state index contributed by atoms with van der Waals surface area (Å²) in [5, 5.41) is 3.90. The molecule has 2 aliphatic rings. The lowest BCUT2D eigenvalue weighted by Gasteiger charge is -2.15. The summed E-state index contributed by atoms with van der Waals surface area (Å²) < 4.78 is 11.0. The predicted molar refractivity (Wildman–Crippen MR) is 153 cm³/mol. The average Bonchev–Trinajstić information content (AvgIpc) is 3.46. The highest BCUT2D eigenvalue weighted by Gasteiger charge is 2.11. The maximum atomic E-state index is 11.6. The third kappa shape index (κ3) is 8.83. The number of nitrogens with zero attached hydrogens (tertiary/aromatic N) is 2. The van der Waals surface area contributed by atoms with E-state index >= 15 is 0 Å². The molecule has 0 aliphatic carbocycles. The van der Waals surface area contributed by atoms with Crippen molar-refractivity contribution in [3.05, 3.63) is 54.2 Å². The molecule has 2 saturated heterocycles. The fourth-order valence-electron chi connectivity index (χ4n) is 4.54. The van der Waals surface area contributed by atoms with Crippen molar-refractivity contribution < 1.29 is 14.3 Å². The molecule has 6 heteroatoms. The summed E-state index contributed by atoms with van der Waals surface area (Å²) in [4.78, 5) is 18.6. The van der Waals surface area contributed by atoms with Crippen LogP contribution in [0.3, 0.4) is 0 Å². The van der Waals surface area contributed by atoms with E-state index in [4.69, 9.17) is 9.47 Å². The third-order valence-electron chi connectivity index (χ3n) is 6.50. The topological polar surface area (TPSA) is 63.7 Å². The van der Waals surface area contributed by atoms with Crippen LogP contribution in [0.5, 0.6) is 5.75 Å². The van der Waals surface area contributed by atoms with Gasteiger partial charge in [0.15, 0.2) is 0 Å². The first-order valence-corrected chi connectivity index (χ1v) is 13.8. The smallest absolute Gasteiger partial charge is 0.221 e. The number of aryl methyl sites for hydroxylation is 1. The second-order valence-electron chi connectivity index (χ2n) is 9.32. The van der Waals surface area contributed by atoms with Crippen LogP contribution in [0.2, 0.25) is 0 Å². The van der Waals surface area contributed by atoms with Crippen molar-refractivity contribution in [1.29, 1.82) is 0 Å². The van der Waals surface area contributed by atoms with Gasteiger partial charge < -0.3 is 14.8 Å². The highest BCUT2D eigenvalue weighted by Crippen LogP contribution is 2.31. The van der Waals surface area contributed by atoms with E-state index in [2.05, 4.69) is 39.5 Å². The predicted octanol–water partition coefficient (Wildman–Crippen LogP) is 6.86. The quantitative estimate of drug-likeness (QED) is 0.397. The Morgan fingerprint density at radius 1 is 0.973 bits per heavy atom. The van der Waals surface area contributed by atoms with E-state index in [1.807, 2.05) is 39.0 Å². The van der Waals surface area contributed by atoms with Crippen LogP contribution in [0.1, 0.15) is 58.4 Å². The van der Waals surface area contributed by atoms with E-state index in [9.17, 15) is 4.79 Å². The molecule has 2 aromatic carbocycles. The van der Waals surface area contributed by atoms with E-state index in [1.165, 1.54) is 52.1 Å². The Morgan fingerprint density at radius 2 is 1.65 bits per heavy atom. The molecule has 1 aromatic heterocycles. The number of nitrogens with one attached hydrogen (secondary N) is 1. The van der Waals surface area contributed by atoms with Gasteiger partial charge in [0.2, 0.25) is 5.91 Å². The molecule has 1 N–H and O–H groups in total. The minimum Gasteiger partial charge on any atom is -0.492 e. The minimum absolute atomic E-state index is 0.0820. The Bertz CT molecular complexity index is 1090. The van der Waals surface area contributed by atoms with Crippen LogP contribution < -0.4 is 10.1 Å². The number of aromatic nitrogens is 1. The van der Waals surface area contributed by atoms with Crippen LogP contribution in [0.4, 0.5) is 5.69 Å². The van der Waals surface area contributed by atoms with Crippen LogP contribution in [0, 0.1) is 6.92 Å². The molecule has 5 rings (SSSR count). The molecule has 0 bridgehead atoms. The molecule has 37 heavy (non-hydrogen) atoms. The van der Waals surface area contributed by atoms with Gasteiger partial charge in [0.25, 0.3) is 0 Å². The number of carbonyl (C=O) groups is 1. The van der Waals surface area contributed by atoms with Crippen molar-refractivity contribution in [2.75, 3.05) is 44.8 Å². The second kappa shape index (κ2) is 15.3. The van der Waals surface area contributed by atoms with Crippen LogP contribution in [0.25, 0.3) is 22.0 Å². The molecule has 3 aromatic rings. The Morgan fingerprint density at radius 3 is 2.24 bits per heavy atom. The number of hydrogen-bond donors (Lipinski definition) is 1. The Labute approximate surface area is 222 Å². The fourth-order valence-corrected chi connectivity index (χ4v) is 4.54. The zero-order valence-electron chi connectivity index (χ0n) is 23.0. The van der Waals surface area contributed by atoms with Crippen molar-refractivity contribution in [3.8, 4) is 16.9 Å². The Balaban J connectivity index is 0.000000412. The molecule has 0 spiro atoms. The van der Waals surface area contributed by atoms with Crippen LogP contribution in [-0.2, 0) is 9.53 Å². The molecule has 2 fully saturated rings. The highest BCUT2D eigenvalue weighted by molar-refractivity contribution is 6.02. The van der Waals surface area contributed by atoms with Crippen molar-refractivity contribution in [2.45, 2.75) is 59.8 Å². The summed E-state index contributed by atoms with van der Waals surface area (Å²) in [6.45, 7) is 13.6. The van der Waals surface area contributed by atoms with Gasteiger partial charge in [-0.2, -0.15) is 0 Å². The number of benzene rings is 2. The van der Waals surface area contributed by atoms with Crippen molar-refractivity contribution in [2.24, 2.45) is 0 Å². The standard InChI is InChI=1S/C24H27N3O2.C5H10O.C2H6/c1-17-16-25-23-10-7-20(15-22(23)24(17)26-18(2)28)19-5-8-21(9-6-19)29-14-13-27-11-3-4-12-27;1-2-4-6-5-3-1;1-2/h5-10,15-16H,3-4,11-14H2,1-2H3,(H,25,26,28);1-5H2;1-2H3. The molecule has 2 aliphatic heterocycles. The number of ether oxygens (including phenoxy) is 2. The number of carbonyl (C=O) groups excluding carboxylic acids is 1. The van der Waals surface area contributed by atoms with Gasteiger partial charge in [0.1, 0.15) is 12.4 Å². The SMILES string of the molecule is C1CCOCC1.CC.CC(=O)Nc1c(C)cnc2ccc(-c3ccc(OCCN4CCCC4)cc3)cc12. The lowest BCUT2D eigenvalue weighted by molar-refractivity contribution is -0.114. The zero-order chi connectivity index (χ0) is 26.5. The highest BCUT2D eigenvalue weighted by atomic mass is 16.5. The van der Waals surface area contributed by atoms with E-state index in [-0.39, 0.29) is 5.91 Å². The van der Waals surface area contributed by atoms with E-state index < -0.39 is 0 Å². The Kier molecular flexibility index (Phi) is 11.9. The molecule has 6 nitrogen and oxygen atoms in total. The zero-order valence-corrected chi connectivity index (χ0v) is 23.0. The van der Waals surface area contributed by atoms with E-state index in [0.717, 1.165) is 65.4 Å². The molecule has 0 saturated carbocycles. The monoisotopic (exact) mass is 505 g/mol. The van der Waals surface area contributed by atoms with Crippen molar-refractivity contribution in [3.63, 3.8) is 0 Å². The largest absolute Gasteiger partial charge is 0.492 e. The van der Waals surface area contributed by atoms with Crippen LogP contribution in [-0.4, -0.2) is 55.2 Å². The van der Waals surface area contributed by atoms with Crippen molar-refractivity contribution >= 4 is 22.5 Å². The molecule has 1 amide bonds. The summed E-state index contributed by atoms with van der Waals surface area (Å²) >= 11 is 0. The fraction of sp³-hybridized carbons (Fsp3) is 0.484. The Hall–Kier alpha value is -2.96. The van der Waals surface area contributed by atoms with Gasteiger partial charge in [-0.25, -0.2) is 0 Å². The summed E-state index contributed by atoms with van der Waals surface area (Å²) in [7, 11) is 0. The van der Waals surface area contributed by atoms with Crippen molar-refractivity contribution in [1.82, 2.24) is 9.88 Å². The lowest BCUT2D eigenvalue weighted by Crippen LogP contribution is -2.25. The van der Waals surface area contributed by atoms with Crippen LogP contribution in [0.15, 0.2) is 48.7 Å². The average molecular weight is 506 g/mol. The van der Waals surface area contributed by atoms with E-state index in [0.29, 0.717) is 0 Å². The maximum Gasteiger partial charge on any atom is 0.221 e. The first-order chi connectivity index (χ1) is 18.1. The maximum absolute atomic E-state index is 11.6. The van der Waals surface area contributed by atoms with Gasteiger partial charge in [0.05, 0.1) is 11.2 Å². The molecule has 3 heterocycles. The number of anilines is 1. The van der Waals surface area contributed by atoms with Gasteiger partial charge >= 0.3 is 0 Å².